The van der Waals surface area contributed by atoms with Crippen LogP contribution in [-0.4, -0.2) is 0 Å². The van der Waals surface area contributed by atoms with E-state index in [4.69, 9.17) is 0 Å². The Hall–Kier alpha value is -0.850. The lowest BCUT2D eigenvalue weighted by Crippen LogP contribution is -2.36. The fourth-order valence-electron chi connectivity index (χ4n) is 1.73. The van der Waals surface area contributed by atoms with Crippen molar-refractivity contribution in [3.63, 3.8) is 0 Å². The van der Waals surface area contributed by atoms with Crippen LogP contribution in [0.25, 0.3) is 0 Å². The Bertz CT molecular complexity index is 302. The van der Waals surface area contributed by atoms with Crippen molar-refractivity contribution in [1.82, 2.24) is 0 Å². The van der Waals surface area contributed by atoms with Crippen molar-refractivity contribution in [2.45, 2.75) is 47.1 Å². The van der Waals surface area contributed by atoms with Crippen LogP contribution in [0, 0.1) is 11.8 Å². The quantitative estimate of drug-likeness (QED) is 0.665. The van der Waals surface area contributed by atoms with Crippen LogP contribution in [0.1, 0.15) is 46.1 Å². The Labute approximate surface area is 94.1 Å². The van der Waals surface area contributed by atoms with E-state index in [1.165, 1.54) is 5.56 Å². The number of hydrogen-bond acceptors (Lipinski definition) is 0. The van der Waals surface area contributed by atoms with E-state index in [-0.39, 0.29) is 0 Å². The number of hydrogen-bond donors (Lipinski definition) is 0. The first-order valence-corrected chi connectivity index (χ1v) is 5.99. The summed E-state index contributed by atoms with van der Waals surface area (Å²) in [5.41, 5.74) is 1.45. The molecule has 0 fully saturated rings. The minimum absolute atomic E-state index is 0.643. The fourth-order valence-corrected chi connectivity index (χ4v) is 1.73. The van der Waals surface area contributed by atoms with Gasteiger partial charge in [-0.25, -0.2) is 4.57 Å². The zero-order valence-corrected chi connectivity index (χ0v) is 10.7. The molecule has 0 aliphatic heterocycles. The summed E-state index contributed by atoms with van der Waals surface area (Å²) >= 11 is 0. The SMILES string of the molecule is CC(C)C[n+]1cccc(C(C)C(C)C)c1. The van der Waals surface area contributed by atoms with E-state index in [1.54, 1.807) is 0 Å². The van der Waals surface area contributed by atoms with Crippen molar-refractivity contribution in [2.75, 3.05) is 0 Å². The van der Waals surface area contributed by atoms with E-state index in [2.05, 4.69) is 63.7 Å². The summed E-state index contributed by atoms with van der Waals surface area (Å²) in [7, 11) is 0. The molecule has 0 N–H and O–H groups in total. The highest BCUT2D eigenvalue weighted by Gasteiger charge is 2.13. The first kappa shape index (κ1) is 12.2. The molecular weight excluding hydrogens is 182 g/mol. The summed E-state index contributed by atoms with van der Waals surface area (Å²) < 4.78 is 2.30. The number of aromatic nitrogens is 1. The second kappa shape index (κ2) is 5.29. The Kier molecular flexibility index (Phi) is 4.31. The van der Waals surface area contributed by atoms with Crippen LogP contribution in [0.3, 0.4) is 0 Å². The van der Waals surface area contributed by atoms with Crippen LogP contribution >= 0.6 is 0 Å². The molecule has 1 unspecified atom stereocenters. The summed E-state index contributed by atoms with van der Waals surface area (Å²) in [6.07, 6.45) is 4.46. The smallest absolute Gasteiger partial charge is 0.172 e. The maximum Gasteiger partial charge on any atom is 0.172 e. The molecule has 0 spiro atoms. The molecule has 0 radical (unpaired) electrons. The first-order chi connectivity index (χ1) is 7.00. The van der Waals surface area contributed by atoms with E-state index >= 15 is 0 Å². The second-order valence-corrected chi connectivity index (χ2v) is 5.26. The molecule has 1 aromatic rings. The average molecular weight is 206 g/mol. The summed E-state index contributed by atoms with van der Waals surface area (Å²) in [5.74, 6) is 2.06. The lowest BCUT2D eigenvalue weighted by Gasteiger charge is -2.14. The highest BCUT2D eigenvalue weighted by Crippen LogP contribution is 2.21. The van der Waals surface area contributed by atoms with Crippen LogP contribution in [0.5, 0.6) is 0 Å². The molecule has 1 heteroatoms. The zero-order chi connectivity index (χ0) is 11.4. The van der Waals surface area contributed by atoms with Crippen LogP contribution in [0.15, 0.2) is 24.5 Å². The third kappa shape index (κ3) is 3.65. The van der Waals surface area contributed by atoms with E-state index in [9.17, 15) is 0 Å². The number of nitrogens with zero attached hydrogens (tertiary/aromatic N) is 1. The van der Waals surface area contributed by atoms with Crippen molar-refractivity contribution in [2.24, 2.45) is 11.8 Å². The van der Waals surface area contributed by atoms with E-state index in [0.717, 1.165) is 6.54 Å². The summed E-state index contributed by atoms with van der Waals surface area (Å²) in [6, 6.07) is 4.40. The Morgan fingerprint density at radius 2 is 1.80 bits per heavy atom. The minimum atomic E-state index is 0.643. The molecule has 0 saturated carbocycles. The van der Waals surface area contributed by atoms with Crippen molar-refractivity contribution < 1.29 is 4.57 Å². The molecule has 0 bridgehead atoms. The molecule has 1 nitrogen and oxygen atoms in total. The molecule has 0 saturated heterocycles. The summed E-state index contributed by atoms with van der Waals surface area (Å²) in [5, 5.41) is 0. The summed E-state index contributed by atoms with van der Waals surface area (Å²) in [6.45, 7) is 12.5. The van der Waals surface area contributed by atoms with Gasteiger partial charge in [0.1, 0.15) is 0 Å². The van der Waals surface area contributed by atoms with Crippen molar-refractivity contribution in [3.8, 4) is 0 Å². The maximum atomic E-state index is 2.31. The lowest BCUT2D eigenvalue weighted by atomic mass is 9.91. The first-order valence-electron chi connectivity index (χ1n) is 5.99. The standard InChI is InChI=1S/C14H24N/c1-11(2)9-15-8-6-7-14(10-15)13(5)12(3)4/h6-8,10-13H,9H2,1-5H3/q+1. The fraction of sp³-hybridized carbons (Fsp3) is 0.643. The van der Waals surface area contributed by atoms with Crippen LogP contribution in [-0.2, 0) is 6.54 Å². The predicted octanol–water partition coefficient (Wildman–Crippen LogP) is 3.39. The van der Waals surface area contributed by atoms with Gasteiger partial charge in [0.15, 0.2) is 18.9 Å². The van der Waals surface area contributed by atoms with Gasteiger partial charge in [0.05, 0.1) is 0 Å². The van der Waals surface area contributed by atoms with Gasteiger partial charge in [-0.1, -0.05) is 34.6 Å². The third-order valence-corrected chi connectivity index (χ3v) is 2.98. The monoisotopic (exact) mass is 206 g/mol. The van der Waals surface area contributed by atoms with Crippen LogP contribution in [0.4, 0.5) is 0 Å². The van der Waals surface area contributed by atoms with Crippen molar-refractivity contribution in [1.29, 1.82) is 0 Å². The van der Waals surface area contributed by atoms with E-state index in [1.807, 2.05) is 0 Å². The highest BCUT2D eigenvalue weighted by molar-refractivity contribution is 5.11. The molecule has 1 atom stereocenters. The molecule has 0 amide bonds. The molecular formula is C14H24N+. The predicted molar refractivity (Wildman–Crippen MR) is 64.7 cm³/mol. The topological polar surface area (TPSA) is 3.88 Å². The van der Waals surface area contributed by atoms with Gasteiger partial charge in [-0.15, -0.1) is 0 Å². The van der Waals surface area contributed by atoms with Gasteiger partial charge in [-0.3, -0.25) is 0 Å². The van der Waals surface area contributed by atoms with Gasteiger partial charge in [0.25, 0.3) is 0 Å². The molecule has 1 rings (SSSR count). The molecule has 1 aromatic heterocycles. The Morgan fingerprint density at radius 3 is 2.33 bits per heavy atom. The summed E-state index contributed by atoms with van der Waals surface area (Å²) in [4.78, 5) is 0. The van der Waals surface area contributed by atoms with Gasteiger partial charge in [-0.2, -0.15) is 0 Å². The maximum absolute atomic E-state index is 2.31. The van der Waals surface area contributed by atoms with Gasteiger partial charge in [0, 0.05) is 17.5 Å². The normalized spacial score (nSPS) is 13.5. The minimum Gasteiger partial charge on any atom is -0.205 e. The molecule has 0 aliphatic rings. The van der Waals surface area contributed by atoms with E-state index in [0.29, 0.717) is 17.8 Å². The second-order valence-electron chi connectivity index (χ2n) is 5.26. The van der Waals surface area contributed by atoms with Crippen molar-refractivity contribution in [3.05, 3.63) is 30.1 Å². The lowest BCUT2D eigenvalue weighted by molar-refractivity contribution is -0.702. The van der Waals surface area contributed by atoms with Gasteiger partial charge in [-0.05, 0) is 17.9 Å². The van der Waals surface area contributed by atoms with Crippen molar-refractivity contribution >= 4 is 0 Å². The molecule has 1 heterocycles. The molecule has 0 aromatic carbocycles. The van der Waals surface area contributed by atoms with Gasteiger partial charge in [0.2, 0.25) is 0 Å². The number of pyridine rings is 1. The third-order valence-electron chi connectivity index (χ3n) is 2.98. The van der Waals surface area contributed by atoms with E-state index < -0.39 is 0 Å². The average Bonchev–Trinajstić information content (AvgIpc) is 2.16. The van der Waals surface area contributed by atoms with Crippen LogP contribution in [0.2, 0.25) is 0 Å². The Morgan fingerprint density at radius 1 is 1.13 bits per heavy atom. The Balaban J connectivity index is 2.82. The zero-order valence-electron chi connectivity index (χ0n) is 10.7. The molecule has 15 heavy (non-hydrogen) atoms. The highest BCUT2D eigenvalue weighted by atomic mass is 14.9. The number of rotatable bonds is 4. The molecule has 0 aliphatic carbocycles. The van der Waals surface area contributed by atoms with Crippen LogP contribution < -0.4 is 4.57 Å². The van der Waals surface area contributed by atoms with Gasteiger partial charge < -0.3 is 0 Å². The largest absolute Gasteiger partial charge is 0.205 e. The van der Waals surface area contributed by atoms with Gasteiger partial charge >= 0.3 is 0 Å². The molecule has 84 valence electrons.